The quantitative estimate of drug-likeness (QED) is 0.578. The predicted octanol–water partition coefficient (Wildman–Crippen LogP) is -0.413. The molecule has 18 heavy (non-hydrogen) atoms. The van der Waals surface area contributed by atoms with Crippen molar-refractivity contribution in [2.24, 2.45) is 0 Å². The molecule has 1 heterocycles. The van der Waals surface area contributed by atoms with Gasteiger partial charge in [-0.15, -0.1) is 0 Å². The lowest BCUT2D eigenvalue weighted by atomic mass is 10.4. The number of aliphatic hydroxyl groups is 1. The van der Waals surface area contributed by atoms with Crippen LogP contribution in [-0.2, 0) is 11.3 Å². The Balaban J connectivity index is 2.20. The van der Waals surface area contributed by atoms with Crippen LogP contribution in [0, 0.1) is 13.8 Å². The van der Waals surface area contributed by atoms with Crippen LogP contribution in [0.25, 0.3) is 0 Å². The fourth-order valence-electron chi connectivity index (χ4n) is 1.63. The van der Waals surface area contributed by atoms with Gasteiger partial charge in [0.05, 0.1) is 11.8 Å². The minimum atomic E-state index is -0.365. The number of nitrogens with zero attached hydrogens (tertiary/aromatic N) is 2. The first-order valence-electron chi connectivity index (χ1n) is 6.15. The van der Waals surface area contributed by atoms with Crippen LogP contribution in [0.2, 0.25) is 0 Å². The maximum Gasteiger partial charge on any atom is 0.241 e. The number of amides is 1. The normalized spacial score (nSPS) is 12.4. The smallest absolute Gasteiger partial charge is 0.241 e. The van der Waals surface area contributed by atoms with Gasteiger partial charge in [0, 0.05) is 25.3 Å². The summed E-state index contributed by atoms with van der Waals surface area (Å²) in [7, 11) is 0. The summed E-state index contributed by atoms with van der Waals surface area (Å²) >= 11 is 0. The summed E-state index contributed by atoms with van der Waals surface area (Å²) in [6.45, 7) is 7.52. The van der Waals surface area contributed by atoms with Crippen LogP contribution >= 0.6 is 0 Å². The third-order valence-corrected chi connectivity index (χ3v) is 2.46. The van der Waals surface area contributed by atoms with Gasteiger partial charge in [0.1, 0.15) is 6.54 Å². The summed E-state index contributed by atoms with van der Waals surface area (Å²) in [5, 5.41) is 19.1. The molecule has 0 aliphatic rings. The molecule has 1 aromatic rings. The second kappa shape index (κ2) is 7.13. The van der Waals surface area contributed by atoms with Crippen molar-refractivity contribution < 1.29 is 9.90 Å². The van der Waals surface area contributed by atoms with Crippen molar-refractivity contribution in [2.75, 3.05) is 19.6 Å². The number of carbonyl (C=O) groups excluding carboxylic acids is 1. The Morgan fingerprint density at radius 1 is 1.50 bits per heavy atom. The van der Waals surface area contributed by atoms with E-state index in [1.165, 1.54) is 0 Å². The maximum atomic E-state index is 11.6. The van der Waals surface area contributed by atoms with E-state index in [2.05, 4.69) is 15.7 Å². The molecule has 1 unspecified atom stereocenters. The van der Waals surface area contributed by atoms with E-state index < -0.39 is 0 Å². The number of aliphatic hydroxyl groups excluding tert-OH is 1. The molecular formula is C12H22N4O2. The van der Waals surface area contributed by atoms with Crippen molar-refractivity contribution in [2.45, 2.75) is 33.4 Å². The highest BCUT2D eigenvalue weighted by atomic mass is 16.3. The summed E-state index contributed by atoms with van der Waals surface area (Å²) in [6, 6.07) is 1.94. The largest absolute Gasteiger partial charge is 0.392 e. The fourth-order valence-corrected chi connectivity index (χ4v) is 1.63. The Morgan fingerprint density at radius 3 is 2.78 bits per heavy atom. The second-order valence-electron chi connectivity index (χ2n) is 4.49. The minimum absolute atomic E-state index is 0.0555. The molecule has 0 saturated heterocycles. The van der Waals surface area contributed by atoms with Gasteiger partial charge < -0.3 is 15.7 Å². The van der Waals surface area contributed by atoms with E-state index in [1.54, 1.807) is 11.6 Å². The molecule has 6 heteroatoms. The minimum Gasteiger partial charge on any atom is -0.392 e. The number of nitrogens with one attached hydrogen (secondary N) is 2. The first kappa shape index (κ1) is 14.7. The maximum absolute atomic E-state index is 11.6. The van der Waals surface area contributed by atoms with Gasteiger partial charge in [0.25, 0.3) is 0 Å². The molecule has 1 aromatic heterocycles. The van der Waals surface area contributed by atoms with Crippen molar-refractivity contribution >= 4 is 5.91 Å². The Morgan fingerprint density at radius 2 is 2.22 bits per heavy atom. The number of rotatable bonds is 7. The first-order valence-corrected chi connectivity index (χ1v) is 6.15. The average molecular weight is 254 g/mol. The molecule has 0 radical (unpaired) electrons. The van der Waals surface area contributed by atoms with Crippen molar-refractivity contribution in [3.05, 3.63) is 17.5 Å². The molecule has 0 aliphatic carbocycles. The van der Waals surface area contributed by atoms with Crippen molar-refractivity contribution in [3.63, 3.8) is 0 Å². The van der Waals surface area contributed by atoms with Crippen LogP contribution in [0.4, 0.5) is 0 Å². The molecule has 0 bridgehead atoms. The lowest BCUT2D eigenvalue weighted by Gasteiger charge is -2.08. The van der Waals surface area contributed by atoms with Crippen LogP contribution in [-0.4, -0.2) is 46.5 Å². The third kappa shape index (κ3) is 5.29. The molecule has 0 spiro atoms. The number of hydrogen-bond acceptors (Lipinski definition) is 4. The van der Waals surface area contributed by atoms with E-state index in [9.17, 15) is 4.79 Å². The monoisotopic (exact) mass is 254 g/mol. The molecule has 1 rings (SSSR count). The fraction of sp³-hybridized carbons (Fsp3) is 0.667. The molecule has 3 N–H and O–H groups in total. The van der Waals surface area contributed by atoms with Crippen LogP contribution in [0.5, 0.6) is 0 Å². The van der Waals surface area contributed by atoms with Crippen molar-refractivity contribution in [3.8, 4) is 0 Å². The number of aryl methyl sites for hydroxylation is 2. The van der Waals surface area contributed by atoms with Crippen LogP contribution in [0.3, 0.4) is 0 Å². The van der Waals surface area contributed by atoms with Gasteiger partial charge >= 0.3 is 0 Å². The van der Waals surface area contributed by atoms with E-state index in [4.69, 9.17) is 5.11 Å². The van der Waals surface area contributed by atoms with Gasteiger partial charge in [-0.1, -0.05) is 0 Å². The van der Waals surface area contributed by atoms with Gasteiger partial charge in [-0.25, -0.2) is 0 Å². The van der Waals surface area contributed by atoms with Crippen molar-refractivity contribution in [1.82, 2.24) is 20.4 Å². The summed E-state index contributed by atoms with van der Waals surface area (Å²) in [5.41, 5.74) is 1.90. The number of hydrogen-bond donors (Lipinski definition) is 3. The zero-order valence-electron chi connectivity index (χ0n) is 11.2. The standard InChI is InChI=1S/C12H22N4O2/c1-9-6-10(2)16(15-9)8-12(18)14-5-4-13-7-11(3)17/h6,11,13,17H,4-5,7-8H2,1-3H3,(H,14,18). The van der Waals surface area contributed by atoms with Crippen LogP contribution in [0.1, 0.15) is 18.3 Å². The van der Waals surface area contributed by atoms with Gasteiger partial charge in [0.15, 0.2) is 0 Å². The van der Waals surface area contributed by atoms with E-state index in [1.807, 2.05) is 19.9 Å². The predicted molar refractivity (Wildman–Crippen MR) is 69.3 cm³/mol. The summed E-state index contributed by atoms with van der Waals surface area (Å²) < 4.78 is 1.69. The Labute approximate surface area is 107 Å². The SMILES string of the molecule is Cc1cc(C)n(CC(=O)NCCNCC(C)O)n1. The van der Waals surface area contributed by atoms with E-state index in [0.29, 0.717) is 19.6 Å². The highest BCUT2D eigenvalue weighted by molar-refractivity contribution is 5.75. The summed E-state index contributed by atoms with van der Waals surface area (Å²) in [6.07, 6.45) is -0.365. The zero-order valence-corrected chi connectivity index (χ0v) is 11.2. The molecular weight excluding hydrogens is 232 g/mol. The molecule has 0 fully saturated rings. The topological polar surface area (TPSA) is 79.2 Å². The van der Waals surface area contributed by atoms with Gasteiger partial charge in [-0.3, -0.25) is 9.48 Å². The van der Waals surface area contributed by atoms with Gasteiger partial charge in [-0.2, -0.15) is 5.10 Å². The van der Waals surface area contributed by atoms with Gasteiger partial charge in [-0.05, 0) is 26.8 Å². The van der Waals surface area contributed by atoms with Crippen LogP contribution in [0.15, 0.2) is 6.07 Å². The molecule has 0 saturated carbocycles. The lowest BCUT2D eigenvalue weighted by Crippen LogP contribution is -2.36. The van der Waals surface area contributed by atoms with Crippen molar-refractivity contribution in [1.29, 1.82) is 0 Å². The highest BCUT2D eigenvalue weighted by Gasteiger charge is 2.06. The molecule has 1 atom stereocenters. The Bertz CT molecular complexity index is 387. The molecule has 102 valence electrons. The van der Waals surface area contributed by atoms with Crippen LogP contribution < -0.4 is 10.6 Å². The number of carbonyl (C=O) groups is 1. The average Bonchev–Trinajstić information content (AvgIpc) is 2.56. The highest BCUT2D eigenvalue weighted by Crippen LogP contribution is 2.00. The summed E-state index contributed by atoms with van der Waals surface area (Å²) in [4.78, 5) is 11.6. The zero-order chi connectivity index (χ0) is 13.5. The third-order valence-electron chi connectivity index (χ3n) is 2.46. The summed E-state index contributed by atoms with van der Waals surface area (Å²) in [5.74, 6) is -0.0555. The second-order valence-corrected chi connectivity index (χ2v) is 4.49. The first-order chi connectivity index (χ1) is 8.49. The Hall–Kier alpha value is -1.40. The molecule has 6 nitrogen and oxygen atoms in total. The van der Waals surface area contributed by atoms with E-state index in [-0.39, 0.29) is 18.6 Å². The molecule has 1 amide bonds. The van der Waals surface area contributed by atoms with E-state index >= 15 is 0 Å². The molecule has 0 aromatic carbocycles. The van der Waals surface area contributed by atoms with E-state index in [0.717, 1.165) is 11.4 Å². The number of aromatic nitrogens is 2. The Kier molecular flexibility index (Phi) is 5.80. The molecule has 0 aliphatic heterocycles. The lowest BCUT2D eigenvalue weighted by molar-refractivity contribution is -0.121. The van der Waals surface area contributed by atoms with Gasteiger partial charge in [0.2, 0.25) is 5.91 Å².